The first-order chi connectivity index (χ1) is 12.6. The number of nitrogens with one attached hydrogen (secondary N) is 1. The fraction of sp³-hybridized carbons (Fsp3) is 0.238. The SMILES string of the molecule is O=C(O)CC1(C(=O)NCc2coc3ccccc23)Cc2ccccc2C1. The van der Waals surface area contributed by atoms with Crippen LogP contribution in [0.25, 0.3) is 11.0 Å². The number of benzene rings is 2. The smallest absolute Gasteiger partial charge is 0.304 e. The lowest BCUT2D eigenvalue weighted by atomic mass is 9.80. The van der Waals surface area contributed by atoms with Crippen LogP contribution in [0.4, 0.5) is 0 Å². The average molecular weight is 349 g/mol. The van der Waals surface area contributed by atoms with Crippen LogP contribution in [0.2, 0.25) is 0 Å². The number of amides is 1. The second-order valence-electron chi connectivity index (χ2n) is 6.91. The molecule has 4 rings (SSSR count). The van der Waals surface area contributed by atoms with Crippen molar-refractivity contribution in [3.8, 4) is 0 Å². The van der Waals surface area contributed by atoms with Crippen LogP contribution in [0, 0.1) is 5.41 Å². The maximum absolute atomic E-state index is 13.0. The number of rotatable bonds is 5. The molecule has 0 saturated heterocycles. The number of carboxylic acids is 1. The predicted octanol–water partition coefficient (Wildman–Crippen LogP) is 3.31. The molecule has 0 bridgehead atoms. The quantitative estimate of drug-likeness (QED) is 0.741. The van der Waals surface area contributed by atoms with Crippen molar-refractivity contribution in [3.05, 3.63) is 71.5 Å². The normalized spacial score (nSPS) is 14.9. The lowest BCUT2D eigenvalue weighted by Gasteiger charge is -2.26. The summed E-state index contributed by atoms with van der Waals surface area (Å²) in [6.07, 6.45) is 2.36. The summed E-state index contributed by atoms with van der Waals surface area (Å²) in [5.74, 6) is -1.18. The molecule has 5 nitrogen and oxygen atoms in total. The van der Waals surface area contributed by atoms with Crippen molar-refractivity contribution < 1.29 is 19.1 Å². The zero-order chi connectivity index (χ0) is 18.1. The lowest BCUT2D eigenvalue weighted by Crippen LogP contribution is -2.43. The standard InChI is InChI=1S/C21H19NO4/c23-19(24)11-21(9-14-5-1-2-6-15(14)10-21)20(25)22-12-16-13-26-18-8-4-3-7-17(16)18/h1-8,13H,9-12H2,(H,22,25)(H,23,24). The Hall–Kier alpha value is -3.08. The molecular weight excluding hydrogens is 330 g/mol. The van der Waals surface area contributed by atoms with Gasteiger partial charge in [0.2, 0.25) is 5.91 Å². The van der Waals surface area contributed by atoms with Crippen LogP contribution in [0.15, 0.2) is 59.2 Å². The zero-order valence-corrected chi connectivity index (χ0v) is 14.2. The maximum atomic E-state index is 13.0. The first-order valence-corrected chi connectivity index (χ1v) is 8.59. The van der Waals surface area contributed by atoms with Crippen molar-refractivity contribution in [2.24, 2.45) is 5.41 Å². The van der Waals surface area contributed by atoms with Gasteiger partial charge in [-0.2, -0.15) is 0 Å². The first kappa shape index (κ1) is 16.4. The number of fused-ring (bicyclic) bond motifs is 2. The summed E-state index contributed by atoms with van der Waals surface area (Å²) in [5, 5.41) is 13.3. The van der Waals surface area contributed by atoms with Gasteiger partial charge in [-0.25, -0.2) is 0 Å². The van der Waals surface area contributed by atoms with Crippen LogP contribution < -0.4 is 5.32 Å². The summed E-state index contributed by atoms with van der Waals surface area (Å²) < 4.78 is 5.50. The molecule has 2 N–H and O–H groups in total. The Morgan fingerprint density at radius 3 is 2.38 bits per heavy atom. The Morgan fingerprint density at radius 1 is 1.04 bits per heavy atom. The maximum Gasteiger partial charge on any atom is 0.304 e. The van der Waals surface area contributed by atoms with Gasteiger partial charge in [0.25, 0.3) is 0 Å². The van der Waals surface area contributed by atoms with Gasteiger partial charge in [0.1, 0.15) is 5.58 Å². The molecule has 1 heterocycles. The molecule has 1 aliphatic rings. The first-order valence-electron chi connectivity index (χ1n) is 8.59. The van der Waals surface area contributed by atoms with Crippen LogP contribution in [-0.4, -0.2) is 17.0 Å². The molecule has 0 fully saturated rings. The van der Waals surface area contributed by atoms with Gasteiger partial charge in [-0.05, 0) is 30.0 Å². The van der Waals surface area contributed by atoms with E-state index in [9.17, 15) is 14.7 Å². The molecule has 1 aromatic heterocycles. The fourth-order valence-corrected chi connectivity index (χ4v) is 3.88. The van der Waals surface area contributed by atoms with Crippen molar-refractivity contribution >= 4 is 22.8 Å². The Bertz CT molecular complexity index is 963. The van der Waals surface area contributed by atoms with Crippen LogP contribution in [-0.2, 0) is 29.0 Å². The van der Waals surface area contributed by atoms with Gasteiger partial charge >= 0.3 is 5.97 Å². The van der Waals surface area contributed by atoms with E-state index < -0.39 is 11.4 Å². The van der Waals surface area contributed by atoms with E-state index in [0.717, 1.165) is 27.7 Å². The van der Waals surface area contributed by atoms with Crippen molar-refractivity contribution in [2.45, 2.75) is 25.8 Å². The predicted molar refractivity (Wildman–Crippen MR) is 96.6 cm³/mol. The topological polar surface area (TPSA) is 79.5 Å². The molecule has 0 radical (unpaired) electrons. The largest absolute Gasteiger partial charge is 0.481 e. The molecule has 3 aromatic rings. The molecule has 5 heteroatoms. The zero-order valence-electron chi connectivity index (χ0n) is 14.2. The highest BCUT2D eigenvalue weighted by atomic mass is 16.4. The third-order valence-electron chi connectivity index (χ3n) is 5.15. The van der Waals surface area contributed by atoms with Gasteiger partial charge < -0.3 is 14.8 Å². The third kappa shape index (κ3) is 2.86. The van der Waals surface area contributed by atoms with Gasteiger partial charge in [-0.1, -0.05) is 42.5 Å². The summed E-state index contributed by atoms with van der Waals surface area (Å²) in [6.45, 7) is 0.313. The van der Waals surface area contributed by atoms with Gasteiger partial charge in [-0.3, -0.25) is 9.59 Å². The van der Waals surface area contributed by atoms with E-state index in [1.165, 1.54) is 0 Å². The Labute approximate surface area is 150 Å². The number of aliphatic carboxylic acids is 1. The number of carboxylic acid groups (broad SMARTS) is 1. The highest BCUT2D eigenvalue weighted by Gasteiger charge is 2.45. The summed E-state index contributed by atoms with van der Waals surface area (Å²) in [7, 11) is 0. The molecule has 0 spiro atoms. The molecule has 0 unspecified atom stereocenters. The highest BCUT2D eigenvalue weighted by Crippen LogP contribution is 2.40. The minimum absolute atomic E-state index is 0.181. The number of hydrogen-bond donors (Lipinski definition) is 2. The van der Waals surface area contributed by atoms with E-state index in [1.54, 1.807) is 6.26 Å². The van der Waals surface area contributed by atoms with Crippen LogP contribution in [0.5, 0.6) is 0 Å². The Morgan fingerprint density at radius 2 is 1.69 bits per heavy atom. The molecule has 0 aliphatic heterocycles. The van der Waals surface area contributed by atoms with Gasteiger partial charge in [0.05, 0.1) is 18.1 Å². The molecule has 2 aromatic carbocycles. The van der Waals surface area contributed by atoms with Crippen molar-refractivity contribution in [2.75, 3.05) is 0 Å². The van der Waals surface area contributed by atoms with Crippen LogP contribution >= 0.6 is 0 Å². The molecule has 132 valence electrons. The minimum Gasteiger partial charge on any atom is -0.481 e. The van der Waals surface area contributed by atoms with E-state index in [1.807, 2.05) is 48.5 Å². The minimum atomic E-state index is -0.957. The highest BCUT2D eigenvalue weighted by molar-refractivity contribution is 5.89. The Kier molecular flexibility index (Phi) is 3.99. The monoisotopic (exact) mass is 349 g/mol. The average Bonchev–Trinajstić information content (AvgIpc) is 3.20. The Balaban J connectivity index is 1.55. The summed E-state index contributed by atoms with van der Waals surface area (Å²) in [4.78, 5) is 24.4. The summed E-state index contributed by atoms with van der Waals surface area (Å²) in [5.41, 5.74) is 2.82. The molecular formula is C21H19NO4. The molecule has 26 heavy (non-hydrogen) atoms. The van der Waals surface area contributed by atoms with Gasteiger partial charge in [0, 0.05) is 17.5 Å². The van der Waals surface area contributed by atoms with Crippen LogP contribution in [0.3, 0.4) is 0 Å². The van der Waals surface area contributed by atoms with E-state index in [4.69, 9.17) is 4.42 Å². The number of furan rings is 1. The number of hydrogen-bond acceptors (Lipinski definition) is 3. The third-order valence-corrected chi connectivity index (χ3v) is 5.15. The fourth-order valence-electron chi connectivity index (χ4n) is 3.88. The number of para-hydroxylation sites is 1. The van der Waals surface area contributed by atoms with Gasteiger partial charge in [-0.15, -0.1) is 0 Å². The van der Waals surface area contributed by atoms with E-state index >= 15 is 0 Å². The van der Waals surface area contributed by atoms with E-state index in [2.05, 4.69) is 5.32 Å². The molecule has 0 saturated carbocycles. The van der Waals surface area contributed by atoms with Crippen LogP contribution in [0.1, 0.15) is 23.1 Å². The van der Waals surface area contributed by atoms with E-state index in [0.29, 0.717) is 19.4 Å². The number of carbonyl (C=O) groups is 2. The summed E-state index contributed by atoms with van der Waals surface area (Å²) >= 11 is 0. The van der Waals surface area contributed by atoms with E-state index in [-0.39, 0.29) is 12.3 Å². The molecule has 1 amide bonds. The van der Waals surface area contributed by atoms with Crippen molar-refractivity contribution in [3.63, 3.8) is 0 Å². The molecule has 0 atom stereocenters. The number of carbonyl (C=O) groups excluding carboxylic acids is 1. The second-order valence-corrected chi connectivity index (χ2v) is 6.91. The lowest BCUT2D eigenvalue weighted by molar-refractivity contribution is -0.145. The van der Waals surface area contributed by atoms with Crippen molar-refractivity contribution in [1.29, 1.82) is 0 Å². The van der Waals surface area contributed by atoms with Crippen molar-refractivity contribution in [1.82, 2.24) is 5.32 Å². The van der Waals surface area contributed by atoms with Gasteiger partial charge in [0.15, 0.2) is 0 Å². The molecule has 1 aliphatic carbocycles. The second kappa shape index (κ2) is 6.33. The summed E-state index contributed by atoms with van der Waals surface area (Å²) in [6, 6.07) is 15.4.